The Morgan fingerprint density at radius 3 is 2.64 bits per heavy atom. The lowest BCUT2D eigenvalue weighted by Gasteiger charge is -2.25. The molecule has 3 aliphatic rings. The number of nitrogens with zero attached hydrogens (tertiary/aromatic N) is 6. The number of pyridine rings is 1. The van der Waals surface area contributed by atoms with Gasteiger partial charge in [-0.25, -0.2) is 19.2 Å². The van der Waals surface area contributed by atoms with E-state index in [4.69, 9.17) is 0 Å². The number of fused-ring (bicyclic) bond motifs is 3. The number of rotatable bonds is 7. The number of hydrogen-bond acceptors (Lipinski definition) is 5. The fourth-order valence-corrected chi connectivity index (χ4v) is 5.37. The van der Waals surface area contributed by atoms with Gasteiger partial charge in [-0.1, -0.05) is 12.6 Å². The standard InChI is InChI=1S/C31H35FN8O2/c1-5-39(18(2)3)29(33-4)24-7-6-8-27(36-24)37-30(41)22-14-25-20(13-23(22)32)15-38(31(42)35-21-11-12-21)16-26-28(19-9-10-19)34-17-40(25)26/h5-8,13-14,17-19,21H,1,9-12,15-16H2,2-4H3,(H,35,42)(H,36,37,41)/b33-29-. The van der Waals surface area contributed by atoms with Crippen LogP contribution in [0.25, 0.3) is 5.69 Å². The molecule has 2 N–H and O–H groups in total. The van der Waals surface area contributed by atoms with Crippen LogP contribution in [0.4, 0.5) is 15.0 Å². The lowest BCUT2D eigenvalue weighted by atomic mass is 10.1. The number of amidine groups is 1. The van der Waals surface area contributed by atoms with E-state index in [0.29, 0.717) is 35.2 Å². The van der Waals surface area contributed by atoms with Crippen molar-refractivity contribution < 1.29 is 14.0 Å². The summed E-state index contributed by atoms with van der Waals surface area (Å²) in [6.07, 6.45) is 7.47. The Morgan fingerprint density at radius 1 is 1.19 bits per heavy atom. The molecule has 0 radical (unpaired) electrons. The van der Waals surface area contributed by atoms with Crippen molar-refractivity contribution in [3.8, 4) is 5.69 Å². The monoisotopic (exact) mass is 570 g/mol. The second kappa shape index (κ2) is 11.0. The normalized spacial score (nSPS) is 16.4. The molecule has 0 unspecified atom stereocenters. The van der Waals surface area contributed by atoms with Crippen molar-refractivity contribution >= 4 is 23.6 Å². The molecule has 2 fully saturated rings. The highest BCUT2D eigenvalue weighted by Gasteiger charge is 2.35. The van der Waals surface area contributed by atoms with Crippen LogP contribution in [0, 0.1) is 5.82 Å². The van der Waals surface area contributed by atoms with E-state index in [1.54, 1.807) is 48.7 Å². The maximum atomic E-state index is 15.6. The van der Waals surface area contributed by atoms with Gasteiger partial charge in [-0.15, -0.1) is 0 Å². The molecule has 0 bridgehead atoms. The van der Waals surface area contributed by atoms with Gasteiger partial charge in [0.2, 0.25) is 0 Å². The minimum atomic E-state index is -0.676. The average Bonchev–Trinajstić information content (AvgIpc) is 3.90. The molecule has 218 valence electrons. The number of halogens is 1. The smallest absolute Gasteiger partial charge is 0.318 e. The number of urea groups is 1. The summed E-state index contributed by atoms with van der Waals surface area (Å²) in [5.74, 6) is -0.0768. The largest absolute Gasteiger partial charge is 0.335 e. The number of aromatic nitrogens is 3. The van der Waals surface area contributed by atoms with Crippen LogP contribution < -0.4 is 10.6 Å². The highest BCUT2D eigenvalue weighted by Crippen LogP contribution is 2.42. The predicted octanol–water partition coefficient (Wildman–Crippen LogP) is 4.95. The van der Waals surface area contributed by atoms with Crippen LogP contribution >= 0.6 is 0 Å². The maximum absolute atomic E-state index is 15.6. The van der Waals surface area contributed by atoms with E-state index < -0.39 is 11.7 Å². The third-order valence-electron chi connectivity index (χ3n) is 7.86. The van der Waals surface area contributed by atoms with E-state index in [1.807, 2.05) is 23.3 Å². The lowest BCUT2D eigenvalue weighted by Crippen LogP contribution is -2.40. The van der Waals surface area contributed by atoms with Crippen LogP contribution in [0.2, 0.25) is 0 Å². The highest BCUT2D eigenvalue weighted by atomic mass is 19.1. The fourth-order valence-electron chi connectivity index (χ4n) is 5.37. The first-order chi connectivity index (χ1) is 20.3. The third kappa shape index (κ3) is 5.38. The molecule has 3 aromatic rings. The van der Waals surface area contributed by atoms with Crippen LogP contribution in [0.5, 0.6) is 0 Å². The molecular weight excluding hydrogens is 535 g/mol. The summed E-state index contributed by atoms with van der Waals surface area (Å²) >= 11 is 0. The summed E-state index contributed by atoms with van der Waals surface area (Å²) in [6, 6.07) is 8.23. The quantitative estimate of drug-likeness (QED) is 0.309. The maximum Gasteiger partial charge on any atom is 0.318 e. The number of carbonyl (C=O) groups is 2. The minimum absolute atomic E-state index is 0.0964. The molecule has 3 amide bonds. The summed E-state index contributed by atoms with van der Waals surface area (Å²) in [5.41, 5.74) is 3.54. The molecule has 42 heavy (non-hydrogen) atoms. The van der Waals surface area contributed by atoms with Gasteiger partial charge in [0.25, 0.3) is 5.91 Å². The molecule has 2 saturated carbocycles. The van der Waals surface area contributed by atoms with Gasteiger partial charge in [-0.3, -0.25) is 9.79 Å². The summed E-state index contributed by atoms with van der Waals surface area (Å²) in [4.78, 5) is 43.8. The summed E-state index contributed by atoms with van der Waals surface area (Å²) in [7, 11) is 1.67. The highest BCUT2D eigenvalue weighted by molar-refractivity contribution is 6.05. The second-order valence-corrected chi connectivity index (χ2v) is 11.4. The van der Waals surface area contributed by atoms with Crippen LogP contribution in [0.15, 0.2) is 54.4 Å². The molecular formula is C31H35FN8O2. The Labute approximate surface area is 244 Å². The zero-order valence-corrected chi connectivity index (χ0v) is 24.1. The Bertz CT molecular complexity index is 1590. The molecule has 10 nitrogen and oxygen atoms in total. The topological polar surface area (TPSA) is 108 Å². The van der Waals surface area contributed by atoms with Gasteiger partial charge in [-0.05, 0) is 75.6 Å². The average molecular weight is 571 g/mol. The summed E-state index contributed by atoms with van der Waals surface area (Å²) < 4.78 is 17.5. The fraction of sp³-hybridized carbons (Fsp3) is 0.387. The van der Waals surface area contributed by atoms with Crippen molar-refractivity contribution in [2.24, 2.45) is 4.99 Å². The van der Waals surface area contributed by atoms with Gasteiger partial charge in [-0.2, -0.15) is 0 Å². The van der Waals surface area contributed by atoms with E-state index >= 15 is 4.39 Å². The first kappa shape index (κ1) is 27.6. The van der Waals surface area contributed by atoms with E-state index in [1.165, 1.54) is 6.07 Å². The van der Waals surface area contributed by atoms with Gasteiger partial charge in [0.1, 0.15) is 17.3 Å². The van der Waals surface area contributed by atoms with Gasteiger partial charge >= 0.3 is 6.03 Å². The zero-order valence-electron chi connectivity index (χ0n) is 24.1. The molecule has 3 heterocycles. The van der Waals surface area contributed by atoms with Crippen LogP contribution in [-0.2, 0) is 13.1 Å². The molecule has 1 aliphatic heterocycles. The molecule has 0 saturated heterocycles. The van der Waals surface area contributed by atoms with Crippen molar-refractivity contribution in [3.05, 3.63) is 83.5 Å². The Hall–Kier alpha value is -4.54. The Kier molecular flexibility index (Phi) is 7.26. The predicted molar refractivity (Wildman–Crippen MR) is 158 cm³/mol. The van der Waals surface area contributed by atoms with Gasteiger partial charge in [0.05, 0.1) is 35.5 Å². The number of nitrogens with one attached hydrogen (secondary N) is 2. The number of carbonyl (C=O) groups excluding carboxylic acids is 2. The Balaban J connectivity index is 1.32. The number of benzene rings is 1. The molecule has 6 rings (SSSR count). The molecule has 0 atom stereocenters. The molecule has 2 aromatic heterocycles. The first-order valence-electron chi connectivity index (χ1n) is 14.4. The van der Waals surface area contributed by atoms with Crippen molar-refractivity contribution in [2.45, 2.75) is 70.6 Å². The molecule has 0 spiro atoms. The van der Waals surface area contributed by atoms with Crippen molar-refractivity contribution in [1.82, 2.24) is 29.7 Å². The van der Waals surface area contributed by atoms with Crippen molar-refractivity contribution in [1.29, 1.82) is 0 Å². The molecule has 1 aromatic carbocycles. The van der Waals surface area contributed by atoms with Gasteiger partial charge < -0.3 is 25.0 Å². The number of aliphatic imine (C=N–C) groups is 1. The number of imidazole rings is 1. The van der Waals surface area contributed by atoms with Gasteiger partial charge in [0, 0.05) is 31.6 Å². The van der Waals surface area contributed by atoms with Crippen LogP contribution in [0.1, 0.15) is 78.5 Å². The van der Waals surface area contributed by atoms with Crippen molar-refractivity contribution in [3.63, 3.8) is 0 Å². The van der Waals surface area contributed by atoms with Crippen LogP contribution in [0.3, 0.4) is 0 Å². The number of anilines is 1. The Morgan fingerprint density at radius 2 is 1.98 bits per heavy atom. The third-order valence-corrected chi connectivity index (χ3v) is 7.86. The van der Waals surface area contributed by atoms with Gasteiger partial charge in [0.15, 0.2) is 5.84 Å². The van der Waals surface area contributed by atoms with E-state index in [-0.39, 0.29) is 36.0 Å². The molecule has 11 heteroatoms. The lowest BCUT2D eigenvalue weighted by molar-refractivity contribution is 0.102. The van der Waals surface area contributed by atoms with E-state index in [9.17, 15) is 9.59 Å². The van der Waals surface area contributed by atoms with E-state index in [2.05, 4.69) is 32.2 Å². The van der Waals surface area contributed by atoms with Crippen LogP contribution in [-0.4, -0.2) is 61.2 Å². The summed E-state index contributed by atoms with van der Waals surface area (Å²) in [5, 5.41) is 5.80. The van der Waals surface area contributed by atoms with Crippen molar-refractivity contribution in [2.75, 3.05) is 12.4 Å². The SMILES string of the molecule is C=CN(/C(=N\C)c1cccc(NC(=O)c2cc3c(cc2F)CN(C(=O)NC2CC2)Cc2c(C4CC4)ncn2-3)n1)C(C)C. The molecule has 2 aliphatic carbocycles. The second-order valence-electron chi connectivity index (χ2n) is 11.4. The minimum Gasteiger partial charge on any atom is -0.335 e. The number of amides is 3. The zero-order chi connectivity index (χ0) is 29.5. The number of hydrogen-bond donors (Lipinski definition) is 2. The first-order valence-corrected chi connectivity index (χ1v) is 14.4. The summed E-state index contributed by atoms with van der Waals surface area (Å²) in [6.45, 7) is 8.47. The van der Waals surface area contributed by atoms with E-state index in [0.717, 1.165) is 37.1 Å².